The van der Waals surface area contributed by atoms with Gasteiger partial charge >= 0.3 is 0 Å². The van der Waals surface area contributed by atoms with E-state index in [2.05, 4.69) is 5.32 Å². The van der Waals surface area contributed by atoms with Crippen molar-refractivity contribution in [3.63, 3.8) is 0 Å². The Bertz CT molecular complexity index is 574. The van der Waals surface area contributed by atoms with Crippen molar-refractivity contribution in [1.82, 2.24) is 15.1 Å². The molecule has 1 aromatic carbocycles. The molecule has 2 amide bonds. The lowest BCUT2D eigenvalue weighted by atomic mass is 9.95. The summed E-state index contributed by atoms with van der Waals surface area (Å²) in [4.78, 5) is 29.0. The number of halogens is 2. The summed E-state index contributed by atoms with van der Waals surface area (Å²) >= 11 is 5.87. The SMILES string of the molecule is Cl.O=C(c1ccc(Cl)cc1)N1CCCC(C(=O)N2CCNCC2)C1. The molecule has 7 heteroatoms. The molecule has 1 unspecified atom stereocenters. The standard InChI is InChI=1S/C17H22ClN3O2.ClH/c18-15-5-3-13(4-6-15)16(22)21-9-1-2-14(12-21)17(23)20-10-7-19-8-11-20;/h3-6,14,19H,1-2,7-12H2;1H. The van der Waals surface area contributed by atoms with Crippen LogP contribution in [0.5, 0.6) is 0 Å². The van der Waals surface area contributed by atoms with Crippen molar-refractivity contribution < 1.29 is 9.59 Å². The molecule has 132 valence electrons. The fraction of sp³-hybridized carbons (Fsp3) is 0.529. The minimum atomic E-state index is -0.0712. The van der Waals surface area contributed by atoms with E-state index in [1.807, 2.05) is 4.90 Å². The van der Waals surface area contributed by atoms with Crippen molar-refractivity contribution in [2.75, 3.05) is 39.3 Å². The van der Waals surface area contributed by atoms with Crippen LogP contribution in [0.25, 0.3) is 0 Å². The Balaban J connectivity index is 0.00000208. The van der Waals surface area contributed by atoms with Crippen LogP contribution >= 0.6 is 24.0 Å². The van der Waals surface area contributed by atoms with Crippen LogP contribution < -0.4 is 5.32 Å². The summed E-state index contributed by atoms with van der Waals surface area (Å²) in [5.74, 6) is 0.109. The van der Waals surface area contributed by atoms with Gasteiger partial charge in [0.2, 0.25) is 5.91 Å². The number of amides is 2. The highest BCUT2D eigenvalue weighted by Gasteiger charge is 2.31. The second-order valence-corrected chi connectivity index (χ2v) is 6.61. The zero-order valence-corrected chi connectivity index (χ0v) is 15.1. The highest BCUT2D eigenvalue weighted by Crippen LogP contribution is 2.21. The number of benzene rings is 1. The van der Waals surface area contributed by atoms with Gasteiger partial charge in [0.05, 0.1) is 5.92 Å². The fourth-order valence-corrected chi connectivity index (χ4v) is 3.41. The van der Waals surface area contributed by atoms with E-state index in [9.17, 15) is 9.59 Å². The number of carbonyl (C=O) groups excluding carboxylic acids is 2. The number of likely N-dealkylation sites (tertiary alicyclic amines) is 1. The van der Waals surface area contributed by atoms with Crippen LogP contribution in [0.4, 0.5) is 0 Å². The quantitative estimate of drug-likeness (QED) is 0.865. The van der Waals surface area contributed by atoms with Crippen LogP contribution in [0, 0.1) is 5.92 Å². The van der Waals surface area contributed by atoms with Gasteiger partial charge in [-0.1, -0.05) is 11.6 Å². The lowest BCUT2D eigenvalue weighted by molar-refractivity contribution is -0.137. The van der Waals surface area contributed by atoms with Crippen LogP contribution in [0.15, 0.2) is 24.3 Å². The van der Waals surface area contributed by atoms with E-state index in [0.29, 0.717) is 23.7 Å². The van der Waals surface area contributed by atoms with Crippen LogP contribution in [0.3, 0.4) is 0 Å². The Morgan fingerprint density at radius 3 is 2.38 bits per heavy atom. The van der Waals surface area contributed by atoms with Crippen molar-refractivity contribution in [3.05, 3.63) is 34.9 Å². The lowest BCUT2D eigenvalue weighted by Gasteiger charge is -2.36. The molecule has 2 heterocycles. The molecule has 5 nitrogen and oxygen atoms in total. The highest BCUT2D eigenvalue weighted by atomic mass is 35.5. The predicted octanol–water partition coefficient (Wildman–Crippen LogP) is 2.05. The van der Waals surface area contributed by atoms with Gasteiger partial charge in [-0.15, -0.1) is 12.4 Å². The van der Waals surface area contributed by atoms with E-state index in [1.165, 1.54) is 0 Å². The van der Waals surface area contributed by atoms with Gasteiger partial charge in [-0.25, -0.2) is 0 Å². The summed E-state index contributed by atoms with van der Waals surface area (Å²) in [5.41, 5.74) is 0.629. The molecule has 2 fully saturated rings. The first-order valence-electron chi connectivity index (χ1n) is 8.19. The Kier molecular flexibility index (Phi) is 6.90. The van der Waals surface area contributed by atoms with Crippen molar-refractivity contribution in [3.8, 4) is 0 Å². The largest absolute Gasteiger partial charge is 0.340 e. The Hall–Kier alpha value is -1.30. The number of nitrogens with zero attached hydrogens (tertiary/aromatic N) is 2. The van der Waals surface area contributed by atoms with Gasteiger partial charge in [-0.2, -0.15) is 0 Å². The van der Waals surface area contributed by atoms with Crippen LogP contribution in [-0.4, -0.2) is 60.9 Å². The van der Waals surface area contributed by atoms with E-state index < -0.39 is 0 Å². The average molecular weight is 372 g/mol. The number of rotatable bonds is 2. The molecule has 0 bridgehead atoms. The number of nitrogens with one attached hydrogen (secondary N) is 1. The molecule has 1 aromatic rings. The molecule has 1 atom stereocenters. The lowest BCUT2D eigenvalue weighted by Crippen LogP contribution is -2.52. The maximum atomic E-state index is 12.6. The number of hydrogen-bond donors (Lipinski definition) is 1. The molecular weight excluding hydrogens is 349 g/mol. The molecule has 3 rings (SSSR count). The third kappa shape index (κ3) is 4.41. The van der Waals surface area contributed by atoms with Gasteiger partial charge in [-0.05, 0) is 37.1 Å². The summed E-state index contributed by atoms with van der Waals surface area (Å²) in [6.45, 7) is 4.47. The average Bonchev–Trinajstić information content (AvgIpc) is 2.62. The molecular formula is C17H23Cl2N3O2. The molecule has 2 aliphatic rings. The van der Waals surface area contributed by atoms with Gasteiger partial charge in [-0.3, -0.25) is 9.59 Å². The van der Waals surface area contributed by atoms with Crippen LogP contribution in [0.2, 0.25) is 5.02 Å². The number of piperidine rings is 1. The highest BCUT2D eigenvalue weighted by molar-refractivity contribution is 6.30. The molecule has 0 spiro atoms. The second-order valence-electron chi connectivity index (χ2n) is 6.17. The zero-order valence-electron chi connectivity index (χ0n) is 13.5. The van der Waals surface area contributed by atoms with Crippen molar-refractivity contribution in [2.45, 2.75) is 12.8 Å². The summed E-state index contributed by atoms with van der Waals surface area (Å²) in [6, 6.07) is 6.93. The minimum Gasteiger partial charge on any atom is -0.340 e. The molecule has 1 N–H and O–H groups in total. The maximum Gasteiger partial charge on any atom is 0.253 e. The molecule has 0 radical (unpaired) electrons. The maximum absolute atomic E-state index is 12.6. The van der Waals surface area contributed by atoms with Crippen LogP contribution in [-0.2, 0) is 4.79 Å². The van der Waals surface area contributed by atoms with E-state index >= 15 is 0 Å². The first-order chi connectivity index (χ1) is 11.1. The van der Waals surface area contributed by atoms with Gasteiger partial charge in [0.1, 0.15) is 0 Å². The van der Waals surface area contributed by atoms with Gasteiger partial charge in [0.15, 0.2) is 0 Å². The molecule has 2 saturated heterocycles. The third-order valence-corrected chi connectivity index (χ3v) is 4.83. The van der Waals surface area contributed by atoms with Crippen LogP contribution in [0.1, 0.15) is 23.2 Å². The summed E-state index contributed by atoms with van der Waals surface area (Å²) in [7, 11) is 0. The molecule has 0 saturated carbocycles. The summed E-state index contributed by atoms with van der Waals surface area (Å²) in [6.07, 6.45) is 1.75. The minimum absolute atomic E-state index is 0. The predicted molar refractivity (Wildman–Crippen MR) is 96.8 cm³/mol. The Labute approximate surface area is 153 Å². The summed E-state index contributed by atoms with van der Waals surface area (Å²) < 4.78 is 0. The molecule has 2 aliphatic heterocycles. The summed E-state index contributed by atoms with van der Waals surface area (Å²) in [5, 5.41) is 3.87. The van der Waals surface area contributed by atoms with Gasteiger partial charge in [0.25, 0.3) is 5.91 Å². The molecule has 24 heavy (non-hydrogen) atoms. The number of carbonyl (C=O) groups is 2. The normalized spacial score (nSPS) is 21.1. The van der Waals surface area contributed by atoms with E-state index in [0.717, 1.165) is 39.0 Å². The van der Waals surface area contributed by atoms with E-state index in [4.69, 9.17) is 11.6 Å². The first-order valence-corrected chi connectivity index (χ1v) is 8.57. The molecule has 0 aromatic heterocycles. The second kappa shape index (κ2) is 8.70. The zero-order chi connectivity index (χ0) is 16.2. The Morgan fingerprint density at radius 1 is 1.04 bits per heavy atom. The first kappa shape index (κ1) is 19.0. The topological polar surface area (TPSA) is 52.7 Å². The number of hydrogen-bond acceptors (Lipinski definition) is 3. The smallest absolute Gasteiger partial charge is 0.253 e. The monoisotopic (exact) mass is 371 g/mol. The fourth-order valence-electron chi connectivity index (χ4n) is 3.28. The van der Waals surface area contributed by atoms with E-state index in [1.54, 1.807) is 29.2 Å². The molecule has 0 aliphatic carbocycles. The van der Waals surface area contributed by atoms with Gasteiger partial charge < -0.3 is 15.1 Å². The third-order valence-electron chi connectivity index (χ3n) is 4.58. The van der Waals surface area contributed by atoms with Crippen molar-refractivity contribution >= 4 is 35.8 Å². The van der Waals surface area contributed by atoms with Crippen molar-refractivity contribution in [2.24, 2.45) is 5.92 Å². The Morgan fingerprint density at radius 2 is 1.71 bits per heavy atom. The van der Waals surface area contributed by atoms with Gasteiger partial charge in [0, 0.05) is 49.9 Å². The number of piperazine rings is 1. The van der Waals surface area contributed by atoms with E-state index in [-0.39, 0.29) is 30.1 Å². The van der Waals surface area contributed by atoms with Crippen molar-refractivity contribution in [1.29, 1.82) is 0 Å².